The number of Topliss-reactive ketones (excluding diaryl/α,β-unsaturated/α-hetero) is 2. The first-order valence-corrected chi connectivity index (χ1v) is 21.0. The lowest BCUT2D eigenvalue weighted by Gasteiger charge is -2.64. The Kier molecular flexibility index (Phi) is 9.97. The van der Waals surface area contributed by atoms with Crippen LogP contribution >= 0.6 is 0 Å². The molecule has 5 heterocycles. The fourth-order valence-corrected chi connectivity index (χ4v) is 11.3. The summed E-state index contributed by atoms with van der Waals surface area (Å²) >= 11 is 0. The Morgan fingerprint density at radius 1 is 0.946 bits per heavy atom. The highest BCUT2D eigenvalue weighted by atomic mass is 16.6. The number of amides is 1. The van der Waals surface area contributed by atoms with E-state index in [0.29, 0.717) is 62.4 Å². The molecule has 0 radical (unpaired) electrons. The van der Waals surface area contributed by atoms with Crippen LogP contribution in [0.4, 0.5) is 0 Å². The number of fused-ring (bicyclic) bond motifs is 2. The van der Waals surface area contributed by atoms with Crippen molar-refractivity contribution in [2.24, 2.45) is 17.8 Å². The Morgan fingerprint density at radius 3 is 2.36 bits per heavy atom. The Hall–Kier alpha value is -3.73. The van der Waals surface area contributed by atoms with Gasteiger partial charge >= 0.3 is 0 Å². The number of benzene rings is 1. The van der Waals surface area contributed by atoms with Crippen LogP contribution in [0.15, 0.2) is 41.5 Å². The molecule has 9 rings (SSSR count). The van der Waals surface area contributed by atoms with Gasteiger partial charge in [0.1, 0.15) is 28.4 Å². The van der Waals surface area contributed by atoms with Crippen molar-refractivity contribution < 1.29 is 38.4 Å². The minimum absolute atomic E-state index is 0.0718. The van der Waals surface area contributed by atoms with E-state index in [4.69, 9.17) is 18.9 Å². The Labute approximate surface area is 331 Å². The molecule has 5 aliphatic heterocycles. The number of morpholine rings is 1. The average molecular weight is 769 g/mol. The van der Waals surface area contributed by atoms with Gasteiger partial charge in [-0.25, -0.2) is 0 Å². The van der Waals surface area contributed by atoms with Crippen molar-refractivity contribution in [2.45, 2.75) is 128 Å². The second kappa shape index (κ2) is 14.3. The molecule has 302 valence electrons. The normalized spacial score (nSPS) is 34.0. The number of ketones is 2. The molecule has 0 aromatic heterocycles. The van der Waals surface area contributed by atoms with Gasteiger partial charge in [0.2, 0.25) is 5.91 Å². The number of carbonyl (C=O) groups excluding carboxylic acids is 3. The largest absolute Gasteiger partial charge is 0.506 e. The molecule has 3 unspecified atom stereocenters. The van der Waals surface area contributed by atoms with Crippen LogP contribution in [-0.4, -0.2) is 100 Å². The molecule has 6 fully saturated rings. The molecule has 1 aromatic carbocycles. The van der Waals surface area contributed by atoms with Gasteiger partial charge in [0.05, 0.1) is 30.3 Å². The van der Waals surface area contributed by atoms with Crippen molar-refractivity contribution in [3.8, 4) is 17.2 Å². The summed E-state index contributed by atoms with van der Waals surface area (Å²) < 4.78 is 27.4. The molecule has 1 amide bonds. The van der Waals surface area contributed by atoms with Crippen LogP contribution in [0.3, 0.4) is 0 Å². The summed E-state index contributed by atoms with van der Waals surface area (Å²) in [6.07, 6.45) is 17.1. The van der Waals surface area contributed by atoms with Crippen molar-refractivity contribution in [1.29, 1.82) is 0 Å². The topological polar surface area (TPSA) is 115 Å². The van der Waals surface area contributed by atoms with Crippen LogP contribution in [0.25, 0.3) is 6.08 Å². The predicted molar refractivity (Wildman–Crippen MR) is 214 cm³/mol. The number of carbonyl (C=O) groups is 3. The lowest BCUT2D eigenvalue weighted by molar-refractivity contribution is -0.215. The van der Waals surface area contributed by atoms with Gasteiger partial charge in [0, 0.05) is 56.0 Å². The van der Waals surface area contributed by atoms with E-state index in [2.05, 4.69) is 30.9 Å². The number of aromatic hydroxyl groups is 1. The number of nitrogens with zero attached hydrogens (tertiary/aromatic N) is 2. The molecule has 10 heteroatoms. The third-order valence-electron chi connectivity index (χ3n) is 13.8. The fraction of sp³-hybridized carbons (Fsp3) is 0.630. The van der Waals surface area contributed by atoms with Crippen molar-refractivity contribution >= 4 is 23.5 Å². The highest BCUT2D eigenvalue weighted by Crippen LogP contribution is 2.71. The second-order valence-corrected chi connectivity index (χ2v) is 18.5. The first kappa shape index (κ1) is 39.1. The molecule has 4 bridgehead atoms. The lowest BCUT2D eigenvalue weighted by Crippen LogP contribution is -2.82. The maximum Gasteiger partial charge on any atom is 0.246 e. The minimum Gasteiger partial charge on any atom is -0.506 e. The minimum atomic E-state index is -1.54. The molecule has 8 aliphatic rings. The van der Waals surface area contributed by atoms with E-state index in [9.17, 15) is 9.90 Å². The van der Waals surface area contributed by atoms with E-state index in [0.717, 1.165) is 44.3 Å². The van der Waals surface area contributed by atoms with Crippen molar-refractivity contribution in [1.82, 2.24) is 9.80 Å². The highest BCUT2D eigenvalue weighted by molar-refractivity contribution is 6.10. The molecule has 1 N–H and O–H groups in total. The number of hydrogen-bond acceptors (Lipinski definition) is 9. The molecule has 10 nitrogen and oxygen atoms in total. The predicted octanol–water partition coefficient (Wildman–Crippen LogP) is 7.17. The van der Waals surface area contributed by atoms with Gasteiger partial charge in [0.15, 0.2) is 22.8 Å². The molecule has 56 heavy (non-hydrogen) atoms. The number of piperidine rings is 1. The zero-order chi connectivity index (χ0) is 39.8. The van der Waals surface area contributed by atoms with Crippen LogP contribution in [0, 0.1) is 17.8 Å². The maximum absolute atomic E-state index is 15.8. The number of rotatable bonds is 9. The summed E-state index contributed by atoms with van der Waals surface area (Å²) in [4.78, 5) is 48.7. The van der Waals surface area contributed by atoms with Crippen molar-refractivity contribution in [2.75, 3.05) is 39.4 Å². The zero-order valence-corrected chi connectivity index (χ0v) is 34.4. The van der Waals surface area contributed by atoms with Gasteiger partial charge in [-0.15, -0.1) is 0 Å². The van der Waals surface area contributed by atoms with Gasteiger partial charge in [0.25, 0.3) is 0 Å². The summed E-state index contributed by atoms with van der Waals surface area (Å²) in [7, 11) is 0. The third kappa shape index (κ3) is 6.03. The Balaban J connectivity index is 1.31. The molecule has 1 spiro atoms. The van der Waals surface area contributed by atoms with E-state index in [-0.39, 0.29) is 46.9 Å². The Morgan fingerprint density at radius 2 is 1.66 bits per heavy atom. The number of hydrogen-bond donors (Lipinski definition) is 1. The summed E-state index contributed by atoms with van der Waals surface area (Å²) in [5.41, 5.74) is -0.830. The van der Waals surface area contributed by atoms with Crippen molar-refractivity contribution in [3.05, 3.63) is 58.2 Å². The number of allylic oxidation sites excluding steroid dienone is 4. The molecule has 1 aromatic rings. The molecular weight excluding hydrogens is 709 g/mol. The number of ether oxygens (including phenoxy) is 4. The van der Waals surface area contributed by atoms with Crippen LogP contribution in [0.1, 0.15) is 115 Å². The van der Waals surface area contributed by atoms with E-state index in [1.807, 2.05) is 51.7 Å². The quantitative estimate of drug-likeness (QED) is 0.206. The Bertz CT molecular complexity index is 1920. The number of likely N-dealkylation sites (tertiary alicyclic amines) is 1. The first-order valence-electron chi connectivity index (χ1n) is 21.0. The van der Waals surface area contributed by atoms with E-state index in [1.165, 1.54) is 5.57 Å². The number of phenols is 1. The lowest BCUT2D eigenvalue weighted by atomic mass is 9.44. The summed E-state index contributed by atoms with van der Waals surface area (Å²) in [6, 6.07) is -0.463. The molecule has 7 atom stereocenters. The number of phenolic OH excluding ortho intramolecular Hbond substituents is 1. The fourth-order valence-electron chi connectivity index (χ4n) is 11.3. The summed E-state index contributed by atoms with van der Waals surface area (Å²) in [5, 5.41) is 12.3. The highest BCUT2D eigenvalue weighted by Gasteiger charge is 2.85. The smallest absolute Gasteiger partial charge is 0.246 e. The second-order valence-electron chi connectivity index (χ2n) is 18.5. The molecule has 3 aliphatic carbocycles. The van der Waals surface area contributed by atoms with Gasteiger partial charge in [-0.2, -0.15) is 0 Å². The first-order chi connectivity index (χ1) is 26.6. The van der Waals surface area contributed by atoms with E-state index < -0.39 is 40.3 Å². The van der Waals surface area contributed by atoms with Crippen molar-refractivity contribution in [3.63, 3.8) is 0 Å². The monoisotopic (exact) mass is 768 g/mol. The SMILES string of the molecule is CC(C)=CCC[C@]1(C)C=Cc2c(O)c3c(c(CC=C(C)C)c2O1)O[C@]12C(C3=O)C(N3CCOCC3)[C@@H]3CC1C(C)(C)O[C@@]2(C/C=C/C(=O)N1CCCCC1)C3=O. The van der Waals surface area contributed by atoms with Crippen LogP contribution in [-0.2, 0) is 25.5 Å². The standard InChI is InChI=1S/C46H60N2O8/c1-28(2)13-11-18-44(7)20-17-30-38(50)35-39(51)36-37(48-23-25-53-26-24-48)32-27-33-43(5,6)56-45(42(32)52,19-12-14-34(49)47-21-9-8-10-22-47)46(33,36)55-41(35)31(40(30)54-44)16-15-29(3)4/h12-15,17,20,32-33,36-37,50H,8-11,16,18-19,21-27H2,1-7H3/b14-12+/t32-,33?,36?,37?,44+,45-,46-/m0/s1. The van der Waals surface area contributed by atoms with Gasteiger partial charge in [-0.1, -0.05) is 29.4 Å². The van der Waals surface area contributed by atoms with Gasteiger partial charge < -0.3 is 29.0 Å². The van der Waals surface area contributed by atoms with Gasteiger partial charge in [-0.05, 0) is 112 Å². The van der Waals surface area contributed by atoms with Crippen LogP contribution < -0.4 is 9.47 Å². The zero-order valence-electron chi connectivity index (χ0n) is 34.4. The molecular formula is C46H60N2O8. The van der Waals surface area contributed by atoms with E-state index >= 15 is 9.59 Å². The van der Waals surface area contributed by atoms with Crippen LogP contribution in [0.2, 0.25) is 0 Å². The summed E-state index contributed by atoms with van der Waals surface area (Å²) in [6.45, 7) is 17.9. The van der Waals surface area contributed by atoms with Gasteiger partial charge in [-0.3, -0.25) is 19.3 Å². The molecule has 3 saturated heterocycles. The van der Waals surface area contributed by atoms with E-state index in [1.54, 1.807) is 12.2 Å². The average Bonchev–Trinajstić information content (AvgIpc) is 3.30. The maximum atomic E-state index is 15.8. The third-order valence-corrected chi connectivity index (χ3v) is 13.8. The van der Waals surface area contributed by atoms with Crippen LogP contribution in [0.5, 0.6) is 17.2 Å². The molecule has 3 saturated carbocycles. The summed E-state index contributed by atoms with van der Waals surface area (Å²) in [5.74, 6) is -1.39.